The van der Waals surface area contributed by atoms with Crippen molar-refractivity contribution in [2.45, 2.75) is 108 Å². The zero-order valence-electron chi connectivity index (χ0n) is 34.4. The molecule has 2 rings (SSSR count). The number of thioether (sulfide) groups is 1. The van der Waals surface area contributed by atoms with Crippen LogP contribution in [0.4, 0.5) is 0 Å². The van der Waals surface area contributed by atoms with E-state index in [0.29, 0.717) is 17.7 Å². The van der Waals surface area contributed by atoms with Crippen molar-refractivity contribution in [3.05, 3.63) is 29.8 Å². The maximum Gasteiger partial charge on any atom is 0.326 e. The van der Waals surface area contributed by atoms with Crippen molar-refractivity contribution in [3.8, 4) is 5.75 Å². The third kappa shape index (κ3) is 17.7. The second-order valence-corrected chi connectivity index (χ2v) is 15.9. The summed E-state index contributed by atoms with van der Waals surface area (Å²) in [6, 6.07) is -3.57. The number of phenols is 1. The van der Waals surface area contributed by atoms with E-state index >= 15 is 0 Å². The number of rotatable bonds is 25. The van der Waals surface area contributed by atoms with Crippen LogP contribution in [0.25, 0.3) is 0 Å². The molecule has 0 saturated carbocycles. The number of aliphatic carboxylic acids is 2. The Labute approximate surface area is 356 Å². The Kier molecular flexibility index (Phi) is 20.9. The summed E-state index contributed by atoms with van der Waals surface area (Å²) in [5.74, 6) is -9.76. The number of nitrogens with two attached hydrogens (primary N) is 2. The summed E-state index contributed by atoms with van der Waals surface area (Å²) in [7, 11) is 0. The highest BCUT2D eigenvalue weighted by Crippen LogP contribution is 2.20. The van der Waals surface area contributed by atoms with Crippen molar-refractivity contribution in [2.75, 3.05) is 25.1 Å². The highest BCUT2D eigenvalue weighted by atomic mass is 32.2. The van der Waals surface area contributed by atoms with Crippen LogP contribution in [0.5, 0.6) is 5.75 Å². The lowest BCUT2D eigenvalue weighted by Crippen LogP contribution is -2.59. The van der Waals surface area contributed by atoms with Gasteiger partial charge >= 0.3 is 11.9 Å². The average molecular weight is 880 g/mol. The topological polar surface area (TPSA) is 359 Å². The van der Waals surface area contributed by atoms with Gasteiger partial charge in [-0.15, -0.1) is 0 Å². The summed E-state index contributed by atoms with van der Waals surface area (Å²) in [6.45, 7) is 4.27. The number of amides is 8. The number of aromatic hydroxyl groups is 1. The highest BCUT2D eigenvalue weighted by Gasteiger charge is 2.39. The van der Waals surface area contributed by atoms with Gasteiger partial charge in [0.25, 0.3) is 0 Å². The van der Waals surface area contributed by atoms with Gasteiger partial charge in [0.2, 0.25) is 47.3 Å². The van der Waals surface area contributed by atoms with Gasteiger partial charge < -0.3 is 63.6 Å². The fourth-order valence-electron chi connectivity index (χ4n) is 6.22. The SMILES string of the molecule is CSCC[C@H](NC(=O)[C@H](CC(C)C)NC(=O)[C@H](C)NC(=O)[C@H](CC(=O)O)NC(=O)[C@H](CC(N)=O)NC(=O)CNC(=O)[C@@H](N)Cc1ccc(O)cc1)C(=O)N1CCC[C@H]1C(=O)O. The summed E-state index contributed by atoms with van der Waals surface area (Å²) in [5, 5.41) is 42.6. The van der Waals surface area contributed by atoms with Crippen LogP contribution in [0.2, 0.25) is 0 Å². The van der Waals surface area contributed by atoms with E-state index in [1.807, 2.05) is 0 Å². The predicted molar refractivity (Wildman–Crippen MR) is 219 cm³/mol. The zero-order valence-corrected chi connectivity index (χ0v) is 35.3. The van der Waals surface area contributed by atoms with E-state index in [2.05, 4.69) is 31.9 Å². The van der Waals surface area contributed by atoms with Crippen LogP contribution >= 0.6 is 11.8 Å². The number of nitrogens with zero attached hydrogens (tertiary/aromatic N) is 1. The van der Waals surface area contributed by atoms with Crippen LogP contribution in [-0.4, -0.2) is 147 Å². The number of primary amides is 1. The quantitative estimate of drug-likeness (QED) is 0.0468. The fourth-order valence-corrected chi connectivity index (χ4v) is 6.69. The number of phenolic OH excluding ortho intramolecular Hbond substituents is 1. The van der Waals surface area contributed by atoms with Crippen molar-refractivity contribution in [2.24, 2.45) is 17.4 Å². The summed E-state index contributed by atoms with van der Waals surface area (Å²) in [5.41, 5.74) is 11.8. The Bertz CT molecular complexity index is 1760. The number of hydrogen-bond acceptors (Lipinski definition) is 13. The van der Waals surface area contributed by atoms with Gasteiger partial charge in [-0.1, -0.05) is 26.0 Å². The summed E-state index contributed by atoms with van der Waals surface area (Å²) >= 11 is 1.41. The van der Waals surface area contributed by atoms with E-state index in [0.717, 1.165) is 0 Å². The molecular weight excluding hydrogens is 823 g/mol. The molecule has 338 valence electrons. The second-order valence-electron chi connectivity index (χ2n) is 14.9. The Morgan fingerprint density at radius 3 is 1.93 bits per heavy atom. The maximum atomic E-state index is 13.6. The third-order valence-corrected chi connectivity index (χ3v) is 10.0. The minimum absolute atomic E-state index is 0.00964. The first-order valence-corrected chi connectivity index (χ1v) is 20.9. The average Bonchev–Trinajstić information content (AvgIpc) is 3.68. The molecular formula is C38H57N9O13S. The molecule has 1 aliphatic heterocycles. The number of benzene rings is 1. The summed E-state index contributed by atoms with van der Waals surface area (Å²) < 4.78 is 0. The smallest absolute Gasteiger partial charge is 0.326 e. The van der Waals surface area contributed by atoms with Crippen LogP contribution in [0.15, 0.2) is 24.3 Å². The molecule has 0 radical (unpaired) electrons. The number of likely N-dealkylation sites (tertiary alicyclic amines) is 1. The Hall–Kier alpha value is -5.97. The van der Waals surface area contributed by atoms with E-state index in [1.54, 1.807) is 32.2 Å². The zero-order chi connectivity index (χ0) is 46.0. The molecule has 7 atom stereocenters. The van der Waals surface area contributed by atoms with Crippen LogP contribution in [0.3, 0.4) is 0 Å². The third-order valence-electron chi connectivity index (χ3n) is 9.36. The molecule has 1 fully saturated rings. The van der Waals surface area contributed by atoms with Crippen molar-refractivity contribution < 1.29 is 63.3 Å². The van der Waals surface area contributed by atoms with Crippen LogP contribution in [-0.2, 0) is 54.4 Å². The van der Waals surface area contributed by atoms with Gasteiger partial charge in [-0.25, -0.2) is 4.79 Å². The fraction of sp³-hybridized carbons (Fsp3) is 0.579. The molecule has 0 unspecified atom stereocenters. The molecule has 1 heterocycles. The Morgan fingerprint density at radius 1 is 0.787 bits per heavy atom. The number of carbonyl (C=O) groups excluding carboxylic acids is 8. The summed E-state index contributed by atoms with van der Waals surface area (Å²) in [6.07, 6.45) is 1.05. The molecule has 22 nitrogen and oxygen atoms in total. The number of hydrogen-bond donors (Lipinski definition) is 11. The van der Waals surface area contributed by atoms with E-state index in [-0.39, 0.29) is 43.9 Å². The van der Waals surface area contributed by atoms with Crippen molar-refractivity contribution >= 4 is 71.0 Å². The largest absolute Gasteiger partial charge is 0.508 e. The molecule has 0 spiro atoms. The first-order valence-electron chi connectivity index (χ1n) is 19.5. The molecule has 1 aromatic rings. The second kappa shape index (κ2) is 25.0. The predicted octanol–water partition coefficient (Wildman–Crippen LogP) is -2.95. The maximum absolute atomic E-state index is 13.6. The number of carboxylic acid groups (broad SMARTS) is 2. The monoisotopic (exact) mass is 879 g/mol. The van der Waals surface area contributed by atoms with Gasteiger partial charge in [0.15, 0.2) is 0 Å². The van der Waals surface area contributed by atoms with Gasteiger partial charge in [-0.3, -0.25) is 43.2 Å². The molecule has 23 heteroatoms. The Morgan fingerprint density at radius 2 is 1.36 bits per heavy atom. The van der Waals surface area contributed by atoms with Gasteiger partial charge in [0.05, 0.1) is 25.4 Å². The minimum atomic E-state index is -1.86. The molecule has 0 aliphatic carbocycles. The lowest BCUT2D eigenvalue weighted by molar-refractivity contribution is -0.149. The minimum Gasteiger partial charge on any atom is -0.508 e. The molecule has 1 aromatic carbocycles. The standard InChI is InChI=1S/C38H57N9O13S/c1-19(2)14-25(35(56)44-24(11-13-61-4)37(58)47-12-5-6-28(47)38(59)60)45-32(53)20(3)42-34(55)27(17-31(51)52)46-36(57)26(16-29(40)49)43-30(50)18-41-33(54)23(39)15-21-7-9-22(48)10-8-21/h7-10,19-20,23-28,48H,5-6,11-18,39H2,1-4H3,(H2,40,49)(H,41,54)(H,42,55)(H,43,50)(H,44,56)(H,45,53)(H,46,57)(H,51,52)(H,59,60)/t20-,23-,24-,25-,26-,27-,28-/m0/s1. The van der Waals surface area contributed by atoms with Crippen molar-refractivity contribution in [1.82, 2.24) is 36.8 Å². The molecule has 13 N–H and O–H groups in total. The molecule has 0 bridgehead atoms. The lowest BCUT2D eigenvalue weighted by Gasteiger charge is -2.29. The first-order chi connectivity index (χ1) is 28.6. The van der Waals surface area contributed by atoms with Gasteiger partial charge in [0, 0.05) is 6.54 Å². The Balaban J connectivity index is 2.11. The number of nitrogens with one attached hydrogen (secondary N) is 6. The molecule has 0 aromatic heterocycles. The van der Waals surface area contributed by atoms with E-state index in [4.69, 9.17) is 11.5 Å². The molecule has 1 saturated heterocycles. The van der Waals surface area contributed by atoms with Gasteiger partial charge in [0.1, 0.15) is 42.0 Å². The van der Waals surface area contributed by atoms with Crippen LogP contribution in [0, 0.1) is 5.92 Å². The summed E-state index contributed by atoms with van der Waals surface area (Å²) in [4.78, 5) is 129. The highest BCUT2D eigenvalue weighted by molar-refractivity contribution is 7.98. The van der Waals surface area contributed by atoms with Crippen molar-refractivity contribution in [3.63, 3.8) is 0 Å². The molecule has 8 amide bonds. The van der Waals surface area contributed by atoms with E-state index in [9.17, 15) is 63.3 Å². The van der Waals surface area contributed by atoms with Gasteiger partial charge in [-0.2, -0.15) is 11.8 Å². The van der Waals surface area contributed by atoms with Crippen LogP contribution in [0.1, 0.15) is 64.9 Å². The molecule has 1 aliphatic rings. The normalized spacial score (nSPS) is 16.4. The van der Waals surface area contributed by atoms with Crippen LogP contribution < -0.4 is 43.4 Å². The number of carbonyl (C=O) groups is 10. The molecule has 61 heavy (non-hydrogen) atoms. The van der Waals surface area contributed by atoms with Gasteiger partial charge in [-0.05, 0) is 74.7 Å². The van der Waals surface area contributed by atoms with Crippen molar-refractivity contribution in [1.29, 1.82) is 0 Å². The number of carboxylic acids is 2. The lowest BCUT2D eigenvalue weighted by atomic mass is 10.0. The van der Waals surface area contributed by atoms with E-state index < -0.39 is 121 Å². The first kappa shape index (κ1) is 51.2. The van der Waals surface area contributed by atoms with E-state index in [1.165, 1.54) is 35.7 Å².